The van der Waals surface area contributed by atoms with Crippen molar-refractivity contribution in [1.82, 2.24) is 0 Å². The molecule has 1 aromatic heterocycles. The zero-order valence-electron chi connectivity index (χ0n) is 11.2. The van der Waals surface area contributed by atoms with Crippen LogP contribution in [0.1, 0.15) is 27.7 Å². The SMILES string of the molecule is CCOc1c[n+](N)ccc1NC(=O)OC(C)(C)C. The third-order valence-electron chi connectivity index (χ3n) is 1.88. The van der Waals surface area contributed by atoms with Crippen LogP contribution in [0.2, 0.25) is 0 Å². The van der Waals surface area contributed by atoms with Gasteiger partial charge < -0.3 is 9.47 Å². The van der Waals surface area contributed by atoms with E-state index in [1.807, 2.05) is 6.92 Å². The number of hydrogen-bond acceptors (Lipinski definition) is 4. The first kappa shape index (κ1) is 14.1. The molecule has 0 aromatic carbocycles. The van der Waals surface area contributed by atoms with Crippen LogP contribution in [-0.2, 0) is 4.74 Å². The first-order chi connectivity index (χ1) is 8.31. The Hall–Kier alpha value is -1.98. The molecule has 0 bridgehead atoms. The molecule has 0 fully saturated rings. The van der Waals surface area contributed by atoms with Crippen LogP contribution in [0.5, 0.6) is 5.75 Å². The number of nitrogen functional groups attached to an aromatic ring is 1. The van der Waals surface area contributed by atoms with E-state index in [1.54, 1.807) is 39.2 Å². The van der Waals surface area contributed by atoms with Crippen LogP contribution in [0, 0.1) is 0 Å². The molecule has 6 heteroatoms. The molecule has 0 aliphatic heterocycles. The number of aromatic nitrogens is 1. The summed E-state index contributed by atoms with van der Waals surface area (Å²) in [7, 11) is 0. The van der Waals surface area contributed by atoms with Crippen molar-refractivity contribution in [3.63, 3.8) is 0 Å². The molecule has 0 spiro atoms. The predicted octanol–water partition coefficient (Wildman–Crippen LogP) is 1.43. The number of carbonyl (C=O) groups is 1. The van der Waals surface area contributed by atoms with Crippen LogP contribution in [0.15, 0.2) is 18.5 Å². The number of pyridine rings is 1. The number of nitrogens with one attached hydrogen (secondary N) is 1. The maximum Gasteiger partial charge on any atom is 0.412 e. The summed E-state index contributed by atoms with van der Waals surface area (Å²) in [5.41, 5.74) is -0.0221. The summed E-state index contributed by atoms with van der Waals surface area (Å²) in [5.74, 6) is 6.08. The first-order valence-corrected chi connectivity index (χ1v) is 5.75. The van der Waals surface area contributed by atoms with E-state index in [4.69, 9.17) is 15.3 Å². The van der Waals surface area contributed by atoms with E-state index in [2.05, 4.69) is 5.32 Å². The number of carbonyl (C=O) groups excluding carboxylic acids is 1. The van der Waals surface area contributed by atoms with E-state index in [0.717, 1.165) is 0 Å². The molecule has 3 N–H and O–H groups in total. The zero-order chi connectivity index (χ0) is 13.8. The number of ether oxygens (including phenoxy) is 2. The van der Waals surface area contributed by atoms with Gasteiger partial charge in [-0.3, -0.25) is 5.32 Å². The van der Waals surface area contributed by atoms with E-state index >= 15 is 0 Å². The summed E-state index contributed by atoms with van der Waals surface area (Å²) >= 11 is 0. The van der Waals surface area contributed by atoms with Crippen LogP contribution >= 0.6 is 0 Å². The Morgan fingerprint density at radius 1 is 1.50 bits per heavy atom. The van der Waals surface area contributed by atoms with Crippen LogP contribution in [-0.4, -0.2) is 18.3 Å². The zero-order valence-corrected chi connectivity index (χ0v) is 11.2. The molecule has 0 aliphatic rings. The molecule has 1 aromatic rings. The molecule has 1 rings (SSSR count). The van der Waals surface area contributed by atoms with E-state index in [1.165, 1.54) is 4.68 Å². The number of hydrogen-bond donors (Lipinski definition) is 2. The van der Waals surface area contributed by atoms with Gasteiger partial charge in [0, 0.05) is 6.07 Å². The monoisotopic (exact) mass is 254 g/mol. The predicted molar refractivity (Wildman–Crippen MR) is 67.8 cm³/mol. The van der Waals surface area contributed by atoms with E-state index in [0.29, 0.717) is 18.0 Å². The fourth-order valence-corrected chi connectivity index (χ4v) is 1.28. The lowest BCUT2D eigenvalue weighted by Gasteiger charge is -2.20. The standard InChI is InChI=1S/C12H19N3O3/c1-5-17-10-8-15(13)7-6-9(10)14-11(16)18-12(2,3)4/h6-8H,5,13H2,1-4H3/p+1. The topological polar surface area (TPSA) is 77.5 Å². The second kappa shape index (κ2) is 5.57. The number of anilines is 1. The Morgan fingerprint density at radius 3 is 2.72 bits per heavy atom. The molecule has 18 heavy (non-hydrogen) atoms. The Labute approximate surface area is 107 Å². The molecule has 0 unspecified atom stereocenters. The van der Waals surface area contributed by atoms with Crippen molar-refractivity contribution in [2.24, 2.45) is 0 Å². The Balaban J connectivity index is 2.80. The summed E-state index contributed by atoms with van der Waals surface area (Å²) in [6.45, 7) is 7.73. The van der Waals surface area contributed by atoms with Gasteiger partial charge in [0.1, 0.15) is 5.60 Å². The van der Waals surface area contributed by atoms with Crippen molar-refractivity contribution >= 4 is 11.8 Å². The van der Waals surface area contributed by atoms with Gasteiger partial charge in [0.2, 0.25) is 18.1 Å². The van der Waals surface area contributed by atoms with Gasteiger partial charge in [0.05, 0.1) is 12.3 Å². The first-order valence-electron chi connectivity index (χ1n) is 5.75. The van der Waals surface area contributed by atoms with Crippen LogP contribution in [0.3, 0.4) is 0 Å². The van der Waals surface area contributed by atoms with Crippen molar-refractivity contribution < 1.29 is 18.9 Å². The summed E-state index contributed by atoms with van der Waals surface area (Å²) in [6.07, 6.45) is 2.66. The number of nitrogens with two attached hydrogens (primary N) is 1. The van der Waals surface area contributed by atoms with E-state index in [9.17, 15) is 4.79 Å². The lowest BCUT2D eigenvalue weighted by molar-refractivity contribution is -0.639. The third kappa shape index (κ3) is 4.48. The van der Waals surface area contributed by atoms with E-state index < -0.39 is 11.7 Å². The highest BCUT2D eigenvalue weighted by atomic mass is 16.6. The highest BCUT2D eigenvalue weighted by Gasteiger charge is 2.18. The largest absolute Gasteiger partial charge is 0.486 e. The van der Waals surface area contributed by atoms with Crippen LogP contribution < -0.4 is 20.6 Å². The minimum Gasteiger partial charge on any atom is -0.486 e. The molecular formula is C12H20N3O3+. The van der Waals surface area contributed by atoms with Crippen molar-refractivity contribution in [2.45, 2.75) is 33.3 Å². The van der Waals surface area contributed by atoms with Gasteiger partial charge in [0.25, 0.3) is 0 Å². The Kier molecular flexibility index (Phi) is 4.36. The maximum absolute atomic E-state index is 11.6. The molecule has 0 saturated heterocycles. The van der Waals surface area contributed by atoms with Crippen molar-refractivity contribution in [3.8, 4) is 5.75 Å². The molecule has 0 aliphatic carbocycles. The van der Waals surface area contributed by atoms with Crippen LogP contribution in [0.4, 0.5) is 10.5 Å². The smallest absolute Gasteiger partial charge is 0.412 e. The lowest BCUT2D eigenvalue weighted by Crippen LogP contribution is -2.43. The second-order valence-electron chi connectivity index (χ2n) is 4.73. The molecule has 100 valence electrons. The van der Waals surface area contributed by atoms with Gasteiger partial charge in [-0.2, -0.15) is 0 Å². The minimum absolute atomic E-state index is 0.479. The van der Waals surface area contributed by atoms with Gasteiger partial charge in [-0.1, -0.05) is 4.68 Å². The normalized spacial score (nSPS) is 10.9. The van der Waals surface area contributed by atoms with Gasteiger partial charge in [-0.15, -0.1) is 0 Å². The van der Waals surface area contributed by atoms with Gasteiger partial charge in [-0.25, -0.2) is 10.6 Å². The molecule has 6 nitrogen and oxygen atoms in total. The molecule has 1 heterocycles. The third-order valence-corrected chi connectivity index (χ3v) is 1.88. The molecule has 1 amide bonds. The maximum atomic E-state index is 11.6. The fraction of sp³-hybridized carbons (Fsp3) is 0.500. The van der Waals surface area contributed by atoms with Crippen molar-refractivity contribution in [3.05, 3.63) is 18.5 Å². The average molecular weight is 254 g/mol. The summed E-state index contributed by atoms with van der Waals surface area (Å²) in [4.78, 5) is 11.6. The number of amides is 1. The van der Waals surface area contributed by atoms with E-state index in [-0.39, 0.29) is 0 Å². The lowest BCUT2D eigenvalue weighted by atomic mass is 10.2. The number of nitrogens with zero attached hydrogens (tertiary/aromatic N) is 1. The highest BCUT2D eigenvalue weighted by Crippen LogP contribution is 2.22. The summed E-state index contributed by atoms with van der Waals surface area (Å²) in [5, 5.41) is 2.62. The Bertz CT molecular complexity index is 427. The second-order valence-corrected chi connectivity index (χ2v) is 4.73. The Morgan fingerprint density at radius 2 is 2.17 bits per heavy atom. The summed E-state index contributed by atoms with van der Waals surface area (Å²) in [6, 6.07) is 1.65. The van der Waals surface area contributed by atoms with Crippen LogP contribution in [0.25, 0.3) is 0 Å². The van der Waals surface area contributed by atoms with Crippen molar-refractivity contribution in [1.29, 1.82) is 0 Å². The van der Waals surface area contributed by atoms with Crippen molar-refractivity contribution in [2.75, 3.05) is 17.8 Å². The van der Waals surface area contributed by atoms with Gasteiger partial charge in [0.15, 0.2) is 0 Å². The molecule has 0 atom stereocenters. The molecular weight excluding hydrogens is 234 g/mol. The molecule has 0 saturated carbocycles. The van der Waals surface area contributed by atoms with Gasteiger partial charge >= 0.3 is 6.09 Å². The molecule has 0 radical (unpaired) electrons. The number of rotatable bonds is 3. The fourth-order valence-electron chi connectivity index (χ4n) is 1.28. The summed E-state index contributed by atoms with van der Waals surface area (Å²) < 4.78 is 11.9. The average Bonchev–Trinajstić information content (AvgIpc) is 2.20. The minimum atomic E-state index is -0.543. The van der Waals surface area contributed by atoms with Gasteiger partial charge in [-0.05, 0) is 27.7 Å². The quantitative estimate of drug-likeness (QED) is 0.632. The highest BCUT2D eigenvalue weighted by molar-refractivity contribution is 5.86.